The third-order valence-corrected chi connectivity index (χ3v) is 4.32. The number of hydrogen-bond donors (Lipinski definition) is 0. The molecule has 0 aliphatic carbocycles. The lowest BCUT2D eigenvalue weighted by molar-refractivity contribution is 0.101. The van der Waals surface area contributed by atoms with Crippen LogP contribution in [0, 0.1) is 0 Å². The van der Waals surface area contributed by atoms with Crippen molar-refractivity contribution in [1.82, 2.24) is 0 Å². The van der Waals surface area contributed by atoms with Gasteiger partial charge in [0, 0.05) is 14.9 Å². The van der Waals surface area contributed by atoms with Gasteiger partial charge in [-0.2, -0.15) is 0 Å². The van der Waals surface area contributed by atoms with E-state index in [-0.39, 0.29) is 5.78 Å². The van der Waals surface area contributed by atoms with Crippen LogP contribution < -0.4 is 4.74 Å². The second-order valence-corrected chi connectivity index (χ2v) is 5.92. The first-order valence-corrected chi connectivity index (χ1v) is 7.34. The average molecular weight is 337 g/mol. The fourth-order valence-electron chi connectivity index (χ4n) is 1.67. The third kappa shape index (κ3) is 3.39. The summed E-state index contributed by atoms with van der Waals surface area (Å²) in [5, 5.41) is 0. The van der Waals surface area contributed by atoms with Crippen molar-refractivity contribution >= 4 is 33.5 Å². The highest BCUT2D eigenvalue weighted by molar-refractivity contribution is 9.10. The van der Waals surface area contributed by atoms with E-state index >= 15 is 0 Å². The monoisotopic (exact) mass is 336 g/mol. The minimum absolute atomic E-state index is 0.0562. The van der Waals surface area contributed by atoms with E-state index < -0.39 is 0 Å². The molecule has 0 fully saturated rings. The molecule has 0 saturated heterocycles. The maximum atomic E-state index is 11.4. The molecule has 2 aromatic carbocycles. The van der Waals surface area contributed by atoms with Crippen LogP contribution >= 0.6 is 27.7 Å². The number of carbonyl (C=O) groups excluding carboxylic acids is 1. The molecule has 2 aromatic rings. The number of benzene rings is 2. The average Bonchev–Trinajstić information content (AvgIpc) is 2.39. The van der Waals surface area contributed by atoms with Crippen molar-refractivity contribution in [2.45, 2.75) is 16.7 Å². The molecule has 0 spiro atoms. The Labute approximate surface area is 125 Å². The normalized spacial score (nSPS) is 10.3. The molecule has 0 aliphatic rings. The van der Waals surface area contributed by atoms with Gasteiger partial charge < -0.3 is 4.74 Å². The van der Waals surface area contributed by atoms with Crippen LogP contribution in [0.25, 0.3) is 0 Å². The molecule has 0 aliphatic heterocycles. The van der Waals surface area contributed by atoms with Crippen LogP contribution in [0.15, 0.2) is 56.7 Å². The van der Waals surface area contributed by atoms with Gasteiger partial charge in [-0.05, 0) is 37.3 Å². The van der Waals surface area contributed by atoms with E-state index in [2.05, 4.69) is 15.9 Å². The Morgan fingerprint density at radius 2 is 1.95 bits per heavy atom. The van der Waals surface area contributed by atoms with Crippen molar-refractivity contribution < 1.29 is 9.53 Å². The molecule has 2 rings (SSSR count). The zero-order chi connectivity index (χ0) is 13.8. The summed E-state index contributed by atoms with van der Waals surface area (Å²) >= 11 is 5.04. The molecule has 0 aromatic heterocycles. The number of Topliss-reactive ketones (excluding diaryl/α,β-unsaturated/α-hetero) is 1. The summed E-state index contributed by atoms with van der Waals surface area (Å²) in [6.45, 7) is 1.56. The number of carbonyl (C=O) groups is 1. The van der Waals surface area contributed by atoms with Crippen LogP contribution in [-0.4, -0.2) is 12.9 Å². The van der Waals surface area contributed by atoms with E-state index in [1.807, 2.05) is 42.5 Å². The summed E-state index contributed by atoms with van der Waals surface area (Å²) in [4.78, 5) is 13.5. The van der Waals surface area contributed by atoms with Crippen LogP contribution in [0.1, 0.15) is 17.3 Å². The molecule has 0 saturated carbocycles. The van der Waals surface area contributed by atoms with Crippen molar-refractivity contribution in [2.24, 2.45) is 0 Å². The Bertz CT molecular complexity index is 611. The first-order chi connectivity index (χ1) is 9.11. The van der Waals surface area contributed by atoms with Gasteiger partial charge >= 0.3 is 0 Å². The molecular weight excluding hydrogens is 324 g/mol. The van der Waals surface area contributed by atoms with Gasteiger partial charge in [0.15, 0.2) is 5.78 Å². The fourth-order valence-corrected chi connectivity index (χ4v) is 3.45. The quantitative estimate of drug-likeness (QED) is 0.749. The lowest BCUT2D eigenvalue weighted by Crippen LogP contribution is -1.93. The Morgan fingerprint density at radius 1 is 1.21 bits per heavy atom. The second kappa shape index (κ2) is 6.26. The highest BCUT2D eigenvalue weighted by atomic mass is 79.9. The lowest BCUT2D eigenvalue weighted by atomic mass is 10.2. The number of ether oxygens (including phenoxy) is 1. The Hall–Kier alpha value is -1.26. The van der Waals surface area contributed by atoms with Crippen LogP contribution in [0.5, 0.6) is 5.75 Å². The van der Waals surface area contributed by atoms with E-state index in [0.29, 0.717) is 5.56 Å². The van der Waals surface area contributed by atoms with Crippen LogP contribution in [0.4, 0.5) is 0 Å². The predicted molar refractivity (Wildman–Crippen MR) is 81.3 cm³/mol. The van der Waals surface area contributed by atoms with Gasteiger partial charge in [-0.25, -0.2) is 0 Å². The second-order valence-electron chi connectivity index (χ2n) is 3.95. The smallest absolute Gasteiger partial charge is 0.160 e. The maximum Gasteiger partial charge on any atom is 0.160 e. The van der Waals surface area contributed by atoms with E-state index in [4.69, 9.17) is 4.74 Å². The minimum Gasteiger partial charge on any atom is -0.496 e. The van der Waals surface area contributed by atoms with Crippen LogP contribution in [0.2, 0.25) is 0 Å². The van der Waals surface area contributed by atoms with E-state index in [0.717, 1.165) is 20.0 Å². The highest BCUT2D eigenvalue weighted by Crippen LogP contribution is 2.36. The van der Waals surface area contributed by atoms with Gasteiger partial charge in [0.2, 0.25) is 0 Å². The van der Waals surface area contributed by atoms with Crippen molar-refractivity contribution in [3.8, 4) is 5.75 Å². The zero-order valence-electron chi connectivity index (χ0n) is 10.6. The van der Waals surface area contributed by atoms with Gasteiger partial charge in [0.25, 0.3) is 0 Å². The summed E-state index contributed by atoms with van der Waals surface area (Å²) in [5.74, 6) is 0.903. The number of ketones is 1. The summed E-state index contributed by atoms with van der Waals surface area (Å²) in [6, 6.07) is 13.6. The molecule has 0 heterocycles. The van der Waals surface area contributed by atoms with Gasteiger partial charge in [-0.15, -0.1) is 0 Å². The van der Waals surface area contributed by atoms with E-state index in [9.17, 15) is 4.79 Å². The number of para-hydroxylation sites is 1. The molecule has 0 unspecified atom stereocenters. The fraction of sp³-hybridized carbons (Fsp3) is 0.133. The van der Waals surface area contributed by atoms with Crippen molar-refractivity contribution in [2.75, 3.05) is 7.11 Å². The number of hydrogen-bond acceptors (Lipinski definition) is 3. The standard InChI is InChI=1S/C15H13BrO2S/c1-10(17)12-8-7-11(9-13(12)16)19-15-6-4-3-5-14(15)18-2/h3-9H,1-2H3. The predicted octanol–water partition coefficient (Wildman–Crippen LogP) is 4.81. The van der Waals surface area contributed by atoms with Gasteiger partial charge in [0.05, 0.1) is 12.0 Å². The molecular formula is C15H13BrO2S. The molecule has 19 heavy (non-hydrogen) atoms. The molecule has 0 radical (unpaired) electrons. The number of halogens is 1. The number of methoxy groups -OCH3 is 1. The largest absolute Gasteiger partial charge is 0.496 e. The van der Waals surface area contributed by atoms with Crippen molar-refractivity contribution in [3.63, 3.8) is 0 Å². The minimum atomic E-state index is 0.0562. The Kier molecular flexibility index (Phi) is 4.66. The summed E-state index contributed by atoms with van der Waals surface area (Å²) < 4.78 is 6.14. The molecule has 0 bridgehead atoms. The molecule has 0 amide bonds. The summed E-state index contributed by atoms with van der Waals surface area (Å²) in [7, 11) is 1.66. The first-order valence-electron chi connectivity index (χ1n) is 5.73. The van der Waals surface area contributed by atoms with Crippen molar-refractivity contribution in [1.29, 1.82) is 0 Å². The third-order valence-electron chi connectivity index (χ3n) is 2.62. The first kappa shape index (κ1) is 14.2. The maximum absolute atomic E-state index is 11.4. The van der Waals surface area contributed by atoms with Crippen molar-refractivity contribution in [3.05, 3.63) is 52.5 Å². The van der Waals surface area contributed by atoms with E-state index in [1.54, 1.807) is 25.8 Å². The highest BCUT2D eigenvalue weighted by Gasteiger charge is 2.08. The number of rotatable bonds is 4. The molecule has 0 N–H and O–H groups in total. The van der Waals surface area contributed by atoms with Crippen LogP contribution in [-0.2, 0) is 0 Å². The zero-order valence-corrected chi connectivity index (χ0v) is 13.0. The Balaban J connectivity index is 2.29. The molecule has 98 valence electrons. The van der Waals surface area contributed by atoms with Gasteiger partial charge in [-0.1, -0.05) is 39.8 Å². The molecule has 4 heteroatoms. The van der Waals surface area contributed by atoms with Crippen LogP contribution in [0.3, 0.4) is 0 Å². The topological polar surface area (TPSA) is 26.3 Å². The van der Waals surface area contributed by atoms with E-state index in [1.165, 1.54) is 0 Å². The SMILES string of the molecule is COc1ccccc1Sc1ccc(C(C)=O)c(Br)c1. The summed E-state index contributed by atoms with van der Waals surface area (Å²) in [5.41, 5.74) is 0.698. The molecule has 2 nitrogen and oxygen atoms in total. The van der Waals surface area contributed by atoms with Gasteiger partial charge in [-0.3, -0.25) is 4.79 Å². The Morgan fingerprint density at radius 3 is 2.58 bits per heavy atom. The van der Waals surface area contributed by atoms with Gasteiger partial charge in [0.1, 0.15) is 5.75 Å². The lowest BCUT2D eigenvalue weighted by Gasteiger charge is -2.08. The molecule has 0 atom stereocenters. The summed E-state index contributed by atoms with van der Waals surface area (Å²) in [6.07, 6.45) is 0.